The zero-order valence-electron chi connectivity index (χ0n) is 16.6. The van der Waals surface area contributed by atoms with Gasteiger partial charge in [-0.05, 0) is 62.1 Å². The molecule has 1 heterocycles. The minimum absolute atomic E-state index is 0.127. The molecule has 0 atom stereocenters. The summed E-state index contributed by atoms with van der Waals surface area (Å²) in [7, 11) is 1.68. The molecule has 3 rings (SSSR count). The van der Waals surface area contributed by atoms with E-state index < -0.39 is 5.97 Å². The number of methoxy groups -OCH3 is 1. The zero-order chi connectivity index (χ0) is 19.8. The monoisotopic (exact) mass is 382 g/mol. The second-order valence-electron chi connectivity index (χ2n) is 7.37. The number of ether oxygens (including phenoxy) is 1. The maximum atomic E-state index is 11.4. The number of aliphatic carboxylic acids is 1. The van der Waals surface area contributed by atoms with Crippen molar-refractivity contribution in [2.75, 3.05) is 38.2 Å². The molecule has 28 heavy (non-hydrogen) atoms. The molecule has 0 aromatic heterocycles. The van der Waals surface area contributed by atoms with Crippen LogP contribution in [0.3, 0.4) is 0 Å². The molecule has 1 N–H and O–H groups in total. The Bertz CT molecular complexity index is 725. The molecule has 0 unspecified atom stereocenters. The summed E-state index contributed by atoms with van der Waals surface area (Å²) >= 11 is 0. The Morgan fingerprint density at radius 3 is 2.39 bits per heavy atom. The number of carbonyl (C=O) groups is 1. The predicted octanol–water partition coefficient (Wildman–Crippen LogP) is 3.68. The number of hydrogen-bond acceptors (Lipinski definition) is 4. The highest BCUT2D eigenvalue weighted by Crippen LogP contribution is 2.25. The molecule has 0 amide bonds. The quantitative estimate of drug-likeness (QED) is 0.717. The van der Waals surface area contributed by atoms with Crippen molar-refractivity contribution in [2.45, 2.75) is 31.7 Å². The smallest absolute Gasteiger partial charge is 0.317 e. The summed E-state index contributed by atoms with van der Waals surface area (Å²) in [5.41, 5.74) is 2.51. The number of carboxylic acid groups (broad SMARTS) is 1. The SMILES string of the molecule is COc1ccc(N2CCC(N(CCCc3ccccc3)CC(=O)O)CC2)cc1. The molecule has 1 fully saturated rings. The van der Waals surface area contributed by atoms with Crippen molar-refractivity contribution >= 4 is 11.7 Å². The minimum atomic E-state index is -0.739. The Morgan fingerprint density at radius 2 is 1.79 bits per heavy atom. The van der Waals surface area contributed by atoms with Gasteiger partial charge in [-0.15, -0.1) is 0 Å². The van der Waals surface area contributed by atoms with Crippen LogP contribution in [0.5, 0.6) is 5.75 Å². The highest BCUT2D eigenvalue weighted by atomic mass is 16.5. The van der Waals surface area contributed by atoms with Crippen LogP contribution in [0.1, 0.15) is 24.8 Å². The molecule has 150 valence electrons. The van der Waals surface area contributed by atoms with Crippen molar-refractivity contribution in [1.82, 2.24) is 4.90 Å². The van der Waals surface area contributed by atoms with Crippen LogP contribution in [0.25, 0.3) is 0 Å². The fraction of sp³-hybridized carbons (Fsp3) is 0.435. The Kier molecular flexibility index (Phi) is 7.31. The first-order valence-corrected chi connectivity index (χ1v) is 10.0. The Balaban J connectivity index is 1.52. The first-order valence-electron chi connectivity index (χ1n) is 10.0. The molecule has 5 heteroatoms. The average molecular weight is 383 g/mol. The van der Waals surface area contributed by atoms with E-state index in [9.17, 15) is 9.90 Å². The van der Waals surface area contributed by atoms with E-state index in [2.05, 4.69) is 46.2 Å². The number of aryl methyl sites for hydroxylation is 1. The fourth-order valence-electron chi connectivity index (χ4n) is 3.98. The average Bonchev–Trinajstić information content (AvgIpc) is 2.74. The summed E-state index contributed by atoms with van der Waals surface area (Å²) in [5.74, 6) is 0.127. The van der Waals surface area contributed by atoms with E-state index in [4.69, 9.17) is 4.74 Å². The molecule has 1 aliphatic heterocycles. The lowest BCUT2D eigenvalue weighted by molar-refractivity contribution is -0.139. The number of anilines is 1. The maximum Gasteiger partial charge on any atom is 0.317 e. The summed E-state index contributed by atoms with van der Waals surface area (Å²) < 4.78 is 5.23. The second kappa shape index (κ2) is 10.1. The minimum Gasteiger partial charge on any atom is -0.497 e. The molecule has 5 nitrogen and oxygen atoms in total. The molecule has 0 spiro atoms. The Labute approximate surface area is 167 Å². The van der Waals surface area contributed by atoms with Gasteiger partial charge in [0.2, 0.25) is 0 Å². The highest BCUT2D eigenvalue weighted by Gasteiger charge is 2.26. The number of rotatable bonds is 9. The van der Waals surface area contributed by atoms with E-state index in [1.54, 1.807) is 7.11 Å². The van der Waals surface area contributed by atoms with Crippen molar-refractivity contribution in [3.05, 3.63) is 60.2 Å². The van der Waals surface area contributed by atoms with Crippen LogP contribution in [0, 0.1) is 0 Å². The van der Waals surface area contributed by atoms with Gasteiger partial charge in [0.05, 0.1) is 13.7 Å². The largest absolute Gasteiger partial charge is 0.497 e. The lowest BCUT2D eigenvalue weighted by Crippen LogP contribution is -2.47. The van der Waals surface area contributed by atoms with Crippen LogP contribution in [0.2, 0.25) is 0 Å². The lowest BCUT2D eigenvalue weighted by atomic mass is 10.0. The molecule has 0 bridgehead atoms. The normalized spacial score (nSPS) is 15.0. The van der Waals surface area contributed by atoms with Gasteiger partial charge < -0.3 is 14.7 Å². The number of benzene rings is 2. The molecule has 2 aromatic carbocycles. The van der Waals surface area contributed by atoms with Crippen LogP contribution in [0.15, 0.2) is 54.6 Å². The van der Waals surface area contributed by atoms with Crippen LogP contribution in [-0.2, 0) is 11.2 Å². The third-order valence-corrected chi connectivity index (χ3v) is 5.51. The van der Waals surface area contributed by atoms with Crippen LogP contribution < -0.4 is 9.64 Å². The van der Waals surface area contributed by atoms with Gasteiger partial charge in [-0.2, -0.15) is 0 Å². The summed E-state index contributed by atoms with van der Waals surface area (Å²) in [5, 5.41) is 9.35. The summed E-state index contributed by atoms with van der Waals surface area (Å²) in [6, 6.07) is 18.9. The summed E-state index contributed by atoms with van der Waals surface area (Å²) in [6.07, 6.45) is 3.95. The van der Waals surface area contributed by atoms with Gasteiger partial charge >= 0.3 is 5.97 Å². The van der Waals surface area contributed by atoms with Crippen molar-refractivity contribution in [2.24, 2.45) is 0 Å². The third-order valence-electron chi connectivity index (χ3n) is 5.51. The van der Waals surface area contributed by atoms with Crippen molar-refractivity contribution in [1.29, 1.82) is 0 Å². The number of carboxylic acids is 1. The topological polar surface area (TPSA) is 53.0 Å². The number of piperidine rings is 1. The van der Waals surface area contributed by atoms with Gasteiger partial charge in [-0.1, -0.05) is 30.3 Å². The van der Waals surface area contributed by atoms with E-state index in [0.29, 0.717) is 6.04 Å². The first-order chi connectivity index (χ1) is 13.7. The van der Waals surface area contributed by atoms with E-state index in [0.717, 1.165) is 51.1 Å². The van der Waals surface area contributed by atoms with Crippen LogP contribution in [-0.4, -0.2) is 55.3 Å². The van der Waals surface area contributed by atoms with Gasteiger partial charge in [0.15, 0.2) is 0 Å². The van der Waals surface area contributed by atoms with E-state index in [1.165, 1.54) is 11.3 Å². The van der Waals surface area contributed by atoms with Gasteiger partial charge in [0.1, 0.15) is 5.75 Å². The standard InChI is InChI=1S/C23H30N2O3/c1-28-22-11-9-20(10-12-22)24-16-13-21(14-17-24)25(18-23(26)27)15-5-8-19-6-3-2-4-7-19/h2-4,6-7,9-12,21H,5,8,13-18H2,1H3,(H,26,27). The van der Waals surface area contributed by atoms with Gasteiger partial charge in [-0.25, -0.2) is 0 Å². The van der Waals surface area contributed by atoms with Gasteiger partial charge in [0, 0.05) is 24.8 Å². The van der Waals surface area contributed by atoms with E-state index in [-0.39, 0.29) is 6.54 Å². The summed E-state index contributed by atoms with van der Waals surface area (Å²) in [4.78, 5) is 15.9. The van der Waals surface area contributed by atoms with E-state index >= 15 is 0 Å². The lowest BCUT2D eigenvalue weighted by Gasteiger charge is -2.39. The zero-order valence-corrected chi connectivity index (χ0v) is 16.6. The van der Waals surface area contributed by atoms with Crippen molar-refractivity contribution in [3.8, 4) is 5.75 Å². The second-order valence-corrected chi connectivity index (χ2v) is 7.37. The van der Waals surface area contributed by atoms with Gasteiger partial charge in [-0.3, -0.25) is 9.69 Å². The number of nitrogens with zero attached hydrogens (tertiary/aromatic N) is 2. The van der Waals surface area contributed by atoms with E-state index in [1.807, 2.05) is 18.2 Å². The number of hydrogen-bond donors (Lipinski definition) is 1. The van der Waals surface area contributed by atoms with Crippen LogP contribution >= 0.6 is 0 Å². The molecular weight excluding hydrogens is 352 g/mol. The predicted molar refractivity (Wildman–Crippen MR) is 112 cm³/mol. The van der Waals surface area contributed by atoms with Crippen molar-refractivity contribution < 1.29 is 14.6 Å². The van der Waals surface area contributed by atoms with Gasteiger partial charge in [0.25, 0.3) is 0 Å². The molecule has 0 saturated carbocycles. The Hall–Kier alpha value is -2.53. The highest BCUT2D eigenvalue weighted by molar-refractivity contribution is 5.69. The molecule has 1 aliphatic rings. The fourth-order valence-corrected chi connectivity index (χ4v) is 3.98. The molecule has 2 aromatic rings. The van der Waals surface area contributed by atoms with Crippen LogP contribution in [0.4, 0.5) is 5.69 Å². The van der Waals surface area contributed by atoms with Crippen molar-refractivity contribution in [3.63, 3.8) is 0 Å². The first kappa shape index (κ1) is 20.2. The molecule has 0 radical (unpaired) electrons. The third kappa shape index (κ3) is 5.73. The molecule has 1 saturated heterocycles. The Morgan fingerprint density at radius 1 is 1.11 bits per heavy atom. The maximum absolute atomic E-state index is 11.4. The molecular formula is C23H30N2O3. The summed E-state index contributed by atoms with van der Waals surface area (Å²) in [6.45, 7) is 2.86. The molecule has 0 aliphatic carbocycles.